The summed E-state index contributed by atoms with van der Waals surface area (Å²) < 4.78 is 77.5. The van der Waals surface area contributed by atoms with E-state index in [0.717, 1.165) is 31.0 Å². The lowest BCUT2D eigenvalue weighted by Gasteiger charge is -2.35. The molecule has 0 N–H and O–H groups in total. The van der Waals surface area contributed by atoms with Crippen molar-refractivity contribution >= 4 is 65.0 Å². The predicted molar refractivity (Wildman–Crippen MR) is 364 cm³/mol. The zero-order chi connectivity index (χ0) is 73.0. The summed E-state index contributed by atoms with van der Waals surface area (Å²) >= 11 is 0. The lowest BCUT2D eigenvalue weighted by atomic mass is 9.98. The van der Waals surface area contributed by atoms with Crippen molar-refractivity contribution in [3.8, 4) is 0 Å². The number of halogens is 2. The lowest BCUT2D eigenvalue weighted by molar-refractivity contribution is -0.176. The number of morpholine rings is 2. The number of likely N-dealkylation sites (N-methyl/N-ethyl adjacent to an activating group) is 4. The number of esters is 5. The first-order chi connectivity index (χ1) is 45.8. The molecule has 0 aliphatic carbocycles. The zero-order valence-corrected chi connectivity index (χ0v) is 60.5. The number of benzene rings is 3. The summed E-state index contributed by atoms with van der Waals surface area (Å²) in [5, 5.41) is 0. The number of anilines is 2. The molecule has 98 heavy (non-hydrogen) atoms. The van der Waals surface area contributed by atoms with Gasteiger partial charge in [-0.05, 0) is 134 Å². The minimum Gasteiger partial charge on any atom is -0.458 e. The first-order valence-corrected chi connectivity index (χ1v) is 33.8. The maximum absolute atomic E-state index is 16.1. The van der Waals surface area contributed by atoms with Crippen LogP contribution in [0.25, 0.3) is 0 Å². The third-order valence-electron chi connectivity index (χ3n) is 16.8. The van der Waals surface area contributed by atoms with Crippen LogP contribution >= 0.6 is 0 Å². The summed E-state index contributed by atoms with van der Waals surface area (Å²) in [5.41, 5.74) is -1.67. The van der Waals surface area contributed by atoms with Gasteiger partial charge in [0, 0.05) is 91.4 Å². The van der Waals surface area contributed by atoms with Gasteiger partial charge in [-0.15, -0.1) is 0 Å². The Labute approximate surface area is 577 Å². The van der Waals surface area contributed by atoms with Crippen LogP contribution in [0.15, 0.2) is 78.9 Å². The van der Waals surface area contributed by atoms with Gasteiger partial charge < -0.3 is 62.4 Å². The Morgan fingerprint density at radius 1 is 0.459 bits per heavy atom. The van der Waals surface area contributed by atoms with Crippen molar-refractivity contribution in [2.75, 3.05) is 90.6 Å². The predicted octanol–water partition coefficient (Wildman–Crippen LogP) is 9.05. The summed E-state index contributed by atoms with van der Waals surface area (Å²) in [6.45, 7) is 24.3. The summed E-state index contributed by atoms with van der Waals surface area (Å²) in [6.07, 6.45) is -8.79. The maximum Gasteiger partial charge on any atom is 0.410 e. The van der Waals surface area contributed by atoms with Gasteiger partial charge in [-0.25, -0.2) is 37.5 Å². The first-order valence-electron chi connectivity index (χ1n) is 33.8. The SMILES string of the molecule is CC(C)CC[C@@H](C(=O)O[C@H](C)C(=O)N(C)[C@@H](CC(C)(C)F)C(=O)O[C@H](Cc1ccc(N2CCOCC2)cc1)C(=O)N(C)[C@@H](CC(C)C)C(=O)O[C@H](C)C(=O)OCc1ccccc1)N(C)C(=O)C(Cc1ccc(N2CCOCC2)cc1)OC(=O)[C@H](CC(C)(C)F)N(C)C(=O)OC(C)(C)C. The van der Waals surface area contributed by atoms with Crippen molar-refractivity contribution in [3.05, 3.63) is 95.6 Å². The molecular weight excluding hydrogens is 1270 g/mol. The van der Waals surface area contributed by atoms with Gasteiger partial charge in [0.05, 0.1) is 26.4 Å². The maximum atomic E-state index is 16.1. The van der Waals surface area contributed by atoms with Crippen LogP contribution < -0.4 is 9.80 Å². The number of nitrogens with zero attached hydrogens (tertiary/aromatic N) is 6. The quantitative estimate of drug-likeness (QED) is 0.0407. The summed E-state index contributed by atoms with van der Waals surface area (Å²) in [5.74, 6) is -8.18. The van der Waals surface area contributed by atoms with Crippen LogP contribution in [-0.2, 0) is 95.7 Å². The molecule has 3 aromatic rings. The highest BCUT2D eigenvalue weighted by Crippen LogP contribution is 2.29. The van der Waals surface area contributed by atoms with E-state index in [0.29, 0.717) is 75.7 Å². The number of carbonyl (C=O) groups excluding carboxylic acids is 9. The van der Waals surface area contributed by atoms with Crippen LogP contribution in [-0.4, -0.2) is 220 Å². The Bertz CT molecular complexity index is 3100. The number of hydrogen-bond acceptors (Lipinski definition) is 19. The zero-order valence-electron chi connectivity index (χ0n) is 60.5. The number of ether oxygens (including phenoxy) is 8. The van der Waals surface area contributed by atoms with Crippen molar-refractivity contribution in [1.29, 1.82) is 0 Å². The van der Waals surface area contributed by atoms with Gasteiger partial charge in [0.25, 0.3) is 17.7 Å². The minimum absolute atomic E-state index is 0.0225. The molecule has 5 rings (SSSR count). The number of hydrogen-bond donors (Lipinski definition) is 0. The van der Waals surface area contributed by atoms with E-state index in [1.807, 2.05) is 58.0 Å². The largest absolute Gasteiger partial charge is 0.458 e. The standard InChI is InChI=1S/C73H106F2N6O17/c1-47(2)23-32-56(76(14)63(83)60(42-51-24-28-54(29-25-51)80-33-37-91-38-34-80)97-69(89)59(45-73(12,13)75)79(17)70(90)98-71(7,8)9)66(86)94-49(5)62(82)78(16)58(44-72(10,11)74)68(88)96-61(43-52-26-30-55(31-27-52)81-35-39-92-40-36-81)64(84)77(15)57(41-48(3)4)67(87)95-50(6)65(85)93-46-53-21-19-18-20-22-53/h18-22,24-31,47-50,56-61H,23,32-46H2,1-17H3/t49-,50-,56+,57+,58+,59+,60?,61-/m1/s1. The van der Waals surface area contributed by atoms with Gasteiger partial charge in [-0.3, -0.25) is 19.3 Å². The lowest BCUT2D eigenvalue weighted by Crippen LogP contribution is -2.54. The van der Waals surface area contributed by atoms with E-state index in [9.17, 15) is 33.6 Å². The van der Waals surface area contributed by atoms with Gasteiger partial charge in [0.1, 0.15) is 47.7 Å². The van der Waals surface area contributed by atoms with Crippen molar-refractivity contribution in [2.24, 2.45) is 11.8 Å². The van der Waals surface area contributed by atoms with E-state index >= 15 is 18.4 Å². The average molecular weight is 1380 g/mol. The molecule has 0 aromatic heterocycles. The smallest absolute Gasteiger partial charge is 0.410 e. The third-order valence-corrected chi connectivity index (χ3v) is 16.8. The van der Waals surface area contributed by atoms with Crippen LogP contribution in [0.4, 0.5) is 25.0 Å². The van der Waals surface area contributed by atoms with Crippen LogP contribution in [0, 0.1) is 11.8 Å². The van der Waals surface area contributed by atoms with E-state index in [1.54, 1.807) is 69.3 Å². The molecule has 23 nitrogen and oxygen atoms in total. The first kappa shape index (κ1) is 80.7. The molecule has 2 heterocycles. The van der Waals surface area contributed by atoms with E-state index in [-0.39, 0.29) is 44.1 Å². The monoisotopic (exact) mass is 1380 g/mol. The second-order valence-electron chi connectivity index (χ2n) is 28.5. The summed E-state index contributed by atoms with van der Waals surface area (Å²) in [7, 11) is 5.10. The Balaban J connectivity index is 1.45. The van der Waals surface area contributed by atoms with Crippen LogP contribution in [0.3, 0.4) is 0 Å². The van der Waals surface area contributed by atoms with Crippen LogP contribution in [0.1, 0.15) is 139 Å². The topological polar surface area (TPSA) is 247 Å². The molecule has 4 amide bonds. The average Bonchev–Trinajstić information content (AvgIpc) is 0.824. The second kappa shape index (κ2) is 36.8. The normalized spacial score (nSPS) is 16.2. The molecule has 0 saturated carbocycles. The molecule has 8 atom stereocenters. The van der Waals surface area contributed by atoms with Gasteiger partial charge in [-0.1, -0.05) is 82.3 Å². The highest BCUT2D eigenvalue weighted by atomic mass is 19.1. The highest BCUT2D eigenvalue weighted by Gasteiger charge is 2.44. The molecule has 1 unspecified atom stereocenters. The van der Waals surface area contributed by atoms with Crippen LogP contribution in [0.2, 0.25) is 0 Å². The Hall–Kier alpha value is -7.93. The highest BCUT2D eigenvalue weighted by molar-refractivity contribution is 5.93. The van der Waals surface area contributed by atoms with Gasteiger partial charge in [0.2, 0.25) is 0 Å². The van der Waals surface area contributed by atoms with Crippen LogP contribution in [0.5, 0.6) is 0 Å². The number of rotatable bonds is 33. The fraction of sp³-hybridized carbons (Fsp3) is 0.630. The Morgan fingerprint density at radius 3 is 1.28 bits per heavy atom. The second-order valence-corrected chi connectivity index (χ2v) is 28.5. The van der Waals surface area contributed by atoms with E-state index in [1.165, 1.54) is 69.7 Å². The van der Waals surface area contributed by atoms with E-state index in [2.05, 4.69) is 9.80 Å². The molecule has 0 bridgehead atoms. The Kier molecular flexibility index (Phi) is 30.3. The number of alkyl halides is 2. The molecule has 3 aromatic carbocycles. The van der Waals surface area contributed by atoms with E-state index in [4.69, 9.17) is 37.9 Å². The van der Waals surface area contributed by atoms with Crippen molar-refractivity contribution in [3.63, 3.8) is 0 Å². The minimum atomic E-state index is -2.17. The molecule has 0 spiro atoms. The van der Waals surface area contributed by atoms with Gasteiger partial charge in [0.15, 0.2) is 24.4 Å². The molecule has 2 aliphatic heterocycles. The van der Waals surface area contributed by atoms with Crippen molar-refractivity contribution < 1.29 is 89.8 Å². The summed E-state index contributed by atoms with van der Waals surface area (Å²) in [6, 6.07) is 17.2. The third kappa shape index (κ3) is 25.7. The molecule has 2 fully saturated rings. The van der Waals surface area contributed by atoms with Gasteiger partial charge >= 0.3 is 35.9 Å². The fourth-order valence-electron chi connectivity index (χ4n) is 11.2. The number of carbonyl (C=O) groups is 9. The fourth-order valence-corrected chi connectivity index (χ4v) is 11.2. The molecule has 25 heteroatoms. The van der Waals surface area contributed by atoms with Crippen molar-refractivity contribution in [1.82, 2.24) is 19.6 Å². The molecule has 2 saturated heterocycles. The molecule has 0 radical (unpaired) electrons. The molecular formula is C73H106F2N6O17. The van der Waals surface area contributed by atoms with E-state index < -0.39 is 132 Å². The van der Waals surface area contributed by atoms with Gasteiger partial charge in [-0.2, -0.15) is 0 Å². The number of amides is 4. The Morgan fingerprint density at radius 2 is 0.857 bits per heavy atom. The molecule has 544 valence electrons. The molecule has 2 aliphatic rings. The van der Waals surface area contributed by atoms with Crippen molar-refractivity contribution in [2.45, 2.75) is 207 Å². The summed E-state index contributed by atoms with van der Waals surface area (Å²) in [4.78, 5) is 138.